The van der Waals surface area contributed by atoms with E-state index in [1.165, 1.54) is 0 Å². The quantitative estimate of drug-likeness (QED) is 0.674. The standard InChI is InChI=1S/C11H22N2O3/c1-9(14)12-10-3-5-13(6-4-10)7-11(15)8-16-2/h10-11,15H,3-8H2,1-2H3,(H,12,14). The molecule has 1 saturated heterocycles. The number of hydrogen-bond acceptors (Lipinski definition) is 4. The second-order valence-corrected chi connectivity index (χ2v) is 4.38. The molecule has 0 aromatic heterocycles. The van der Waals surface area contributed by atoms with Gasteiger partial charge in [0.15, 0.2) is 0 Å². The Morgan fingerprint density at radius 2 is 2.19 bits per heavy atom. The number of piperidine rings is 1. The smallest absolute Gasteiger partial charge is 0.217 e. The van der Waals surface area contributed by atoms with Crippen molar-refractivity contribution in [1.82, 2.24) is 10.2 Å². The number of β-amino-alcohol motifs (C(OH)–C–C–N with tert-alkyl or cyclic N) is 1. The summed E-state index contributed by atoms with van der Waals surface area (Å²) in [7, 11) is 1.59. The summed E-state index contributed by atoms with van der Waals surface area (Å²) in [6, 6.07) is 0.299. The van der Waals surface area contributed by atoms with E-state index in [0.29, 0.717) is 19.2 Å². The molecule has 1 heterocycles. The van der Waals surface area contributed by atoms with Gasteiger partial charge in [-0.05, 0) is 12.8 Å². The highest BCUT2D eigenvalue weighted by molar-refractivity contribution is 5.73. The minimum atomic E-state index is -0.415. The highest BCUT2D eigenvalue weighted by atomic mass is 16.5. The molecule has 5 heteroatoms. The topological polar surface area (TPSA) is 61.8 Å². The maximum atomic E-state index is 10.9. The number of likely N-dealkylation sites (tertiary alicyclic amines) is 1. The normalized spacial score (nSPS) is 20.7. The molecule has 5 nitrogen and oxygen atoms in total. The van der Waals surface area contributed by atoms with Gasteiger partial charge in [0.2, 0.25) is 5.91 Å². The van der Waals surface area contributed by atoms with Crippen LogP contribution in [0.1, 0.15) is 19.8 Å². The predicted molar refractivity (Wildman–Crippen MR) is 61.2 cm³/mol. The van der Waals surface area contributed by atoms with Gasteiger partial charge in [-0.2, -0.15) is 0 Å². The second kappa shape index (κ2) is 6.83. The maximum absolute atomic E-state index is 10.9. The number of ether oxygens (including phenoxy) is 1. The molecule has 1 rings (SSSR count). The number of rotatable bonds is 5. The van der Waals surface area contributed by atoms with Crippen molar-refractivity contribution in [3.8, 4) is 0 Å². The van der Waals surface area contributed by atoms with Gasteiger partial charge < -0.3 is 20.1 Å². The van der Waals surface area contributed by atoms with Crippen molar-refractivity contribution in [2.45, 2.75) is 31.9 Å². The fraction of sp³-hybridized carbons (Fsp3) is 0.909. The van der Waals surface area contributed by atoms with E-state index in [2.05, 4.69) is 10.2 Å². The highest BCUT2D eigenvalue weighted by Gasteiger charge is 2.21. The number of amides is 1. The Morgan fingerprint density at radius 1 is 1.56 bits per heavy atom. The summed E-state index contributed by atoms with van der Waals surface area (Å²) in [4.78, 5) is 13.1. The lowest BCUT2D eigenvalue weighted by Crippen LogP contribution is -2.46. The van der Waals surface area contributed by atoms with Gasteiger partial charge in [0.1, 0.15) is 0 Å². The van der Waals surface area contributed by atoms with Gasteiger partial charge in [0.25, 0.3) is 0 Å². The molecule has 1 aliphatic rings. The summed E-state index contributed by atoms with van der Waals surface area (Å²) >= 11 is 0. The van der Waals surface area contributed by atoms with Crippen LogP contribution in [0.25, 0.3) is 0 Å². The van der Waals surface area contributed by atoms with Gasteiger partial charge in [0, 0.05) is 39.7 Å². The molecule has 1 fully saturated rings. The molecule has 2 N–H and O–H groups in total. The Kier molecular flexibility index (Phi) is 5.73. The third kappa shape index (κ3) is 4.92. The van der Waals surface area contributed by atoms with Crippen LogP contribution in [0.15, 0.2) is 0 Å². The zero-order chi connectivity index (χ0) is 12.0. The molecule has 0 spiro atoms. The summed E-state index contributed by atoms with van der Waals surface area (Å²) in [5.41, 5.74) is 0. The van der Waals surface area contributed by atoms with Crippen LogP contribution in [0.2, 0.25) is 0 Å². The number of methoxy groups -OCH3 is 1. The van der Waals surface area contributed by atoms with Crippen molar-refractivity contribution in [2.24, 2.45) is 0 Å². The summed E-state index contributed by atoms with van der Waals surface area (Å²) in [6.45, 7) is 4.43. The largest absolute Gasteiger partial charge is 0.389 e. The molecule has 0 aliphatic carbocycles. The molecule has 1 aliphatic heterocycles. The molecule has 1 atom stereocenters. The molecule has 0 aromatic carbocycles. The minimum Gasteiger partial charge on any atom is -0.389 e. The molecular formula is C11H22N2O3. The lowest BCUT2D eigenvalue weighted by molar-refractivity contribution is -0.120. The summed E-state index contributed by atoms with van der Waals surface area (Å²) in [5.74, 6) is 0.0397. The fourth-order valence-electron chi connectivity index (χ4n) is 2.09. The molecular weight excluding hydrogens is 208 g/mol. The van der Waals surface area contributed by atoms with E-state index in [-0.39, 0.29) is 5.91 Å². The van der Waals surface area contributed by atoms with Gasteiger partial charge in [-0.25, -0.2) is 0 Å². The Bertz CT molecular complexity index is 215. The van der Waals surface area contributed by atoms with Crippen LogP contribution in [-0.2, 0) is 9.53 Å². The van der Waals surface area contributed by atoms with E-state index in [1.54, 1.807) is 14.0 Å². The minimum absolute atomic E-state index is 0.0397. The number of aliphatic hydroxyl groups is 1. The summed E-state index contributed by atoms with van der Waals surface area (Å²) < 4.78 is 4.89. The summed E-state index contributed by atoms with van der Waals surface area (Å²) in [5, 5.41) is 12.5. The van der Waals surface area contributed by atoms with E-state index in [1.807, 2.05) is 0 Å². The Hall–Kier alpha value is -0.650. The molecule has 0 radical (unpaired) electrons. The predicted octanol–water partition coefficient (Wildman–Crippen LogP) is -0.406. The Morgan fingerprint density at radius 3 is 2.69 bits per heavy atom. The van der Waals surface area contributed by atoms with E-state index >= 15 is 0 Å². The SMILES string of the molecule is COCC(O)CN1CCC(NC(C)=O)CC1. The summed E-state index contributed by atoms with van der Waals surface area (Å²) in [6.07, 6.45) is 1.50. The monoisotopic (exact) mass is 230 g/mol. The number of carbonyl (C=O) groups excluding carboxylic acids is 1. The van der Waals surface area contributed by atoms with Crippen molar-refractivity contribution < 1.29 is 14.6 Å². The van der Waals surface area contributed by atoms with Crippen LogP contribution in [0, 0.1) is 0 Å². The van der Waals surface area contributed by atoms with E-state index in [4.69, 9.17) is 4.74 Å². The first-order chi connectivity index (χ1) is 7.61. The first-order valence-corrected chi connectivity index (χ1v) is 5.78. The third-order valence-electron chi connectivity index (χ3n) is 2.82. The van der Waals surface area contributed by atoms with Gasteiger partial charge >= 0.3 is 0 Å². The number of aliphatic hydroxyl groups excluding tert-OH is 1. The fourth-order valence-corrected chi connectivity index (χ4v) is 2.09. The first kappa shape index (κ1) is 13.4. The van der Waals surface area contributed by atoms with E-state index in [0.717, 1.165) is 25.9 Å². The average Bonchev–Trinajstić information content (AvgIpc) is 2.20. The van der Waals surface area contributed by atoms with Crippen LogP contribution in [0.5, 0.6) is 0 Å². The first-order valence-electron chi connectivity index (χ1n) is 5.78. The Labute approximate surface area is 96.8 Å². The van der Waals surface area contributed by atoms with Crippen LogP contribution in [0.4, 0.5) is 0 Å². The molecule has 0 saturated carbocycles. The van der Waals surface area contributed by atoms with E-state index in [9.17, 15) is 9.90 Å². The number of nitrogens with zero attached hydrogens (tertiary/aromatic N) is 1. The van der Waals surface area contributed by atoms with Gasteiger partial charge in [-0.1, -0.05) is 0 Å². The lowest BCUT2D eigenvalue weighted by atomic mass is 10.0. The molecule has 0 aromatic rings. The van der Waals surface area contributed by atoms with Crippen molar-refractivity contribution in [3.05, 3.63) is 0 Å². The molecule has 16 heavy (non-hydrogen) atoms. The second-order valence-electron chi connectivity index (χ2n) is 4.38. The van der Waals surface area contributed by atoms with Crippen molar-refractivity contribution in [1.29, 1.82) is 0 Å². The Balaban J connectivity index is 2.18. The number of carbonyl (C=O) groups is 1. The molecule has 94 valence electrons. The molecule has 0 bridgehead atoms. The van der Waals surface area contributed by atoms with Crippen molar-refractivity contribution in [2.75, 3.05) is 33.4 Å². The van der Waals surface area contributed by atoms with Gasteiger partial charge in [0.05, 0.1) is 12.7 Å². The van der Waals surface area contributed by atoms with Crippen LogP contribution in [-0.4, -0.2) is 61.4 Å². The van der Waals surface area contributed by atoms with Crippen molar-refractivity contribution in [3.63, 3.8) is 0 Å². The average molecular weight is 230 g/mol. The van der Waals surface area contributed by atoms with Gasteiger partial charge in [-0.15, -0.1) is 0 Å². The van der Waals surface area contributed by atoms with E-state index < -0.39 is 6.10 Å². The van der Waals surface area contributed by atoms with Crippen LogP contribution in [0.3, 0.4) is 0 Å². The number of nitrogens with one attached hydrogen (secondary N) is 1. The number of hydrogen-bond donors (Lipinski definition) is 2. The maximum Gasteiger partial charge on any atom is 0.217 e. The molecule has 1 amide bonds. The third-order valence-corrected chi connectivity index (χ3v) is 2.82. The van der Waals surface area contributed by atoms with Crippen LogP contribution >= 0.6 is 0 Å². The zero-order valence-electron chi connectivity index (χ0n) is 10.1. The molecule has 1 unspecified atom stereocenters. The van der Waals surface area contributed by atoms with Crippen molar-refractivity contribution >= 4 is 5.91 Å². The lowest BCUT2D eigenvalue weighted by Gasteiger charge is -2.33. The highest BCUT2D eigenvalue weighted by Crippen LogP contribution is 2.10. The van der Waals surface area contributed by atoms with Gasteiger partial charge in [-0.3, -0.25) is 4.79 Å². The zero-order valence-corrected chi connectivity index (χ0v) is 10.1. The van der Waals surface area contributed by atoms with Crippen LogP contribution < -0.4 is 5.32 Å².